The van der Waals surface area contributed by atoms with Crippen LogP contribution in [0.1, 0.15) is 36.4 Å². The third kappa shape index (κ3) is 4.32. The zero-order chi connectivity index (χ0) is 20.2. The lowest BCUT2D eigenvalue weighted by molar-refractivity contribution is 0.626. The van der Waals surface area contributed by atoms with E-state index in [2.05, 4.69) is 70.6 Å². The van der Waals surface area contributed by atoms with Gasteiger partial charge >= 0.3 is 0 Å². The number of aryl methyl sites for hydroxylation is 1. The first-order chi connectivity index (χ1) is 14.2. The molecule has 150 valence electrons. The van der Waals surface area contributed by atoms with Gasteiger partial charge in [-0.2, -0.15) is 0 Å². The Morgan fingerprint density at radius 2 is 1.86 bits per heavy atom. The number of rotatable bonds is 8. The van der Waals surface area contributed by atoms with Crippen LogP contribution in [0.2, 0.25) is 0 Å². The SMILES string of the molecule is CCCn1c(SCc2csc(-c3ccccc3)n2)nnc1-c1csc(C)c1CC. The fraction of sp³-hybridized carbons (Fsp3) is 0.318. The van der Waals surface area contributed by atoms with Gasteiger partial charge in [0, 0.05) is 39.1 Å². The normalized spacial score (nSPS) is 11.3. The summed E-state index contributed by atoms with van der Waals surface area (Å²) in [5.74, 6) is 1.80. The number of benzene rings is 1. The largest absolute Gasteiger partial charge is 0.302 e. The third-order valence-electron chi connectivity index (χ3n) is 4.78. The molecule has 29 heavy (non-hydrogen) atoms. The molecular formula is C22H24N4S3. The molecule has 0 unspecified atom stereocenters. The fourth-order valence-electron chi connectivity index (χ4n) is 3.35. The van der Waals surface area contributed by atoms with Gasteiger partial charge in [-0.05, 0) is 25.3 Å². The zero-order valence-corrected chi connectivity index (χ0v) is 19.3. The lowest BCUT2D eigenvalue weighted by Crippen LogP contribution is -2.02. The smallest absolute Gasteiger partial charge is 0.191 e. The van der Waals surface area contributed by atoms with E-state index in [1.54, 1.807) is 34.4 Å². The van der Waals surface area contributed by atoms with Gasteiger partial charge in [0.15, 0.2) is 11.0 Å². The van der Waals surface area contributed by atoms with Crippen molar-refractivity contribution < 1.29 is 0 Å². The summed E-state index contributed by atoms with van der Waals surface area (Å²) >= 11 is 5.22. The fourth-order valence-corrected chi connectivity index (χ4v) is 6.08. The molecule has 3 aromatic heterocycles. The summed E-state index contributed by atoms with van der Waals surface area (Å²) in [7, 11) is 0. The number of hydrogen-bond donors (Lipinski definition) is 0. The van der Waals surface area contributed by atoms with E-state index in [0.29, 0.717) is 0 Å². The standard InChI is InChI=1S/C22H24N4S3/c1-4-11-26-20(19-14-27-15(3)18(19)5-2)24-25-22(26)29-13-17-12-28-21(23-17)16-9-7-6-8-10-16/h6-10,12,14H,4-5,11,13H2,1-3H3. The molecule has 3 heterocycles. The Balaban J connectivity index is 1.55. The van der Waals surface area contributed by atoms with Crippen LogP contribution in [-0.4, -0.2) is 19.7 Å². The number of aromatic nitrogens is 4. The summed E-state index contributed by atoms with van der Waals surface area (Å²) in [6.07, 6.45) is 2.07. The highest BCUT2D eigenvalue weighted by Crippen LogP contribution is 2.34. The average molecular weight is 441 g/mol. The lowest BCUT2D eigenvalue weighted by atomic mass is 10.1. The van der Waals surface area contributed by atoms with Gasteiger partial charge in [0.1, 0.15) is 5.01 Å². The molecule has 0 saturated carbocycles. The van der Waals surface area contributed by atoms with Gasteiger partial charge in [-0.25, -0.2) is 4.98 Å². The van der Waals surface area contributed by atoms with E-state index in [4.69, 9.17) is 4.98 Å². The summed E-state index contributed by atoms with van der Waals surface area (Å²) in [6, 6.07) is 10.3. The molecule has 0 spiro atoms. The molecule has 0 N–H and O–H groups in total. The van der Waals surface area contributed by atoms with Crippen LogP contribution < -0.4 is 0 Å². The van der Waals surface area contributed by atoms with E-state index in [1.165, 1.54) is 21.6 Å². The summed E-state index contributed by atoms with van der Waals surface area (Å²) in [5.41, 5.74) is 4.89. The van der Waals surface area contributed by atoms with Crippen LogP contribution in [0.5, 0.6) is 0 Å². The van der Waals surface area contributed by atoms with Crippen LogP contribution >= 0.6 is 34.4 Å². The van der Waals surface area contributed by atoms with Crippen molar-refractivity contribution in [1.29, 1.82) is 0 Å². The number of thioether (sulfide) groups is 1. The highest BCUT2D eigenvalue weighted by Gasteiger charge is 2.19. The van der Waals surface area contributed by atoms with Gasteiger partial charge in [-0.3, -0.25) is 0 Å². The van der Waals surface area contributed by atoms with Crippen LogP contribution in [0.3, 0.4) is 0 Å². The van der Waals surface area contributed by atoms with E-state index in [9.17, 15) is 0 Å². The Hall–Kier alpha value is -1.96. The van der Waals surface area contributed by atoms with Crippen molar-refractivity contribution >= 4 is 34.4 Å². The first kappa shape index (κ1) is 20.3. The number of nitrogens with zero attached hydrogens (tertiary/aromatic N) is 4. The Morgan fingerprint density at radius 3 is 2.62 bits per heavy atom. The van der Waals surface area contributed by atoms with Crippen LogP contribution in [0.25, 0.3) is 22.0 Å². The van der Waals surface area contributed by atoms with Crippen molar-refractivity contribution in [3.63, 3.8) is 0 Å². The molecule has 4 aromatic rings. The third-order valence-corrected chi connectivity index (χ3v) is 7.68. The Labute approximate surface area is 184 Å². The molecule has 4 rings (SSSR count). The number of thiophene rings is 1. The molecule has 0 atom stereocenters. The monoisotopic (exact) mass is 440 g/mol. The minimum Gasteiger partial charge on any atom is -0.302 e. The van der Waals surface area contributed by atoms with Crippen molar-refractivity contribution in [2.24, 2.45) is 0 Å². The molecule has 4 nitrogen and oxygen atoms in total. The van der Waals surface area contributed by atoms with Crippen LogP contribution in [0.15, 0.2) is 46.2 Å². The van der Waals surface area contributed by atoms with Crippen molar-refractivity contribution in [3.05, 3.63) is 57.2 Å². The van der Waals surface area contributed by atoms with Crippen LogP contribution in [-0.2, 0) is 18.7 Å². The molecule has 7 heteroatoms. The van der Waals surface area contributed by atoms with Gasteiger partial charge < -0.3 is 4.57 Å². The van der Waals surface area contributed by atoms with Gasteiger partial charge in [-0.1, -0.05) is 55.9 Å². The first-order valence-electron chi connectivity index (χ1n) is 9.84. The summed E-state index contributed by atoms with van der Waals surface area (Å²) in [4.78, 5) is 6.18. The maximum atomic E-state index is 4.81. The van der Waals surface area contributed by atoms with Crippen molar-refractivity contribution in [2.45, 2.75) is 51.1 Å². The van der Waals surface area contributed by atoms with E-state index in [1.807, 2.05) is 6.07 Å². The van der Waals surface area contributed by atoms with Crippen molar-refractivity contribution in [3.8, 4) is 22.0 Å². The second-order valence-electron chi connectivity index (χ2n) is 6.79. The molecule has 0 saturated heterocycles. The number of hydrogen-bond acceptors (Lipinski definition) is 6. The Kier molecular flexibility index (Phi) is 6.47. The minimum absolute atomic E-state index is 0.800. The zero-order valence-electron chi connectivity index (χ0n) is 16.9. The van der Waals surface area contributed by atoms with Crippen LogP contribution in [0, 0.1) is 6.92 Å². The van der Waals surface area contributed by atoms with Gasteiger partial charge in [0.05, 0.1) is 5.69 Å². The van der Waals surface area contributed by atoms with Gasteiger partial charge in [0.25, 0.3) is 0 Å². The second kappa shape index (κ2) is 9.24. The molecule has 0 bridgehead atoms. The maximum Gasteiger partial charge on any atom is 0.191 e. The molecular weight excluding hydrogens is 416 g/mol. The molecule has 0 fully saturated rings. The highest BCUT2D eigenvalue weighted by atomic mass is 32.2. The summed E-state index contributed by atoms with van der Waals surface area (Å²) in [6.45, 7) is 7.52. The van der Waals surface area contributed by atoms with Gasteiger partial charge in [0.2, 0.25) is 0 Å². The highest BCUT2D eigenvalue weighted by molar-refractivity contribution is 7.98. The topological polar surface area (TPSA) is 43.6 Å². The van der Waals surface area contributed by atoms with E-state index in [-0.39, 0.29) is 0 Å². The first-order valence-corrected chi connectivity index (χ1v) is 12.6. The van der Waals surface area contributed by atoms with E-state index < -0.39 is 0 Å². The number of thiazole rings is 1. The quantitative estimate of drug-likeness (QED) is 0.286. The summed E-state index contributed by atoms with van der Waals surface area (Å²) < 4.78 is 2.27. The van der Waals surface area contributed by atoms with Crippen molar-refractivity contribution in [2.75, 3.05) is 0 Å². The minimum atomic E-state index is 0.800. The Bertz CT molecular complexity index is 1080. The molecule has 0 aliphatic heterocycles. The predicted molar refractivity (Wildman–Crippen MR) is 125 cm³/mol. The van der Waals surface area contributed by atoms with Crippen molar-refractivity contribution in [1.82, 2.24) is 19.7 Å². The predicted octanol–water partition coefficient (Wildman–Crippen LogP) is 6.70. The molecule has 1 aromatic carbocycles. The molecule has 0 radical (unpaired) electrons. The Morgan fingerprint density at radius 1 is 1.03 bits per heavy atom. The van der Waals surface area contributed by atoms with E-state index >= 15 is 0 Å². The molecule has 0 aliphatic carbocycles. The molecule has 0 aliphatic rings. The van der Waals surface area contributed by atoms with Gasteiger partial charge in [-0.15, -0.1) is 32.9 Å². The molecule has 0 amide bonds. The maximum absolute atomic E-state index is 4.81. The van der Waals surface area contributed by atoms with E-state index in [0.717, 1.165) is 46.8 Å². The average Bonchev–Trinajstić information content (AvgIpc) is 3.46. The second-order valence-corrected chi connectivity index (χ2v) is 9.68. The summed E-state index contributed by atoms with van der Waals surface area (Å²) in [5, 5.41) is 15.5. The van der Waals surface area contributed by atoms with Crippen LogP contribution in [0.4, 0.5) is 0 Å². The lowest BCUT2D eigenvalue weighted by Gasteiger charge is -2.09.